The van der Waals surface area contributed by atoms with Crippen LogP contribution in [0.1, 0.15) is 22.9 Å². The molecule has 0 radical (unpaired) electrons. The number of rotatable bonds is 5. The van der Waals surface area contributed by atoms with Gasteiger partial charge in [-0.05, 0) is 129 Å². The van der Waals surface area contributed by atoms with Crippen molar-refractivity contribution in [2.24, 2.45) is 9.98 Å². The lowest BCUT2D eigenvalue weighted by Crippen LogP contribution is -2.36. The van der Waals surface area contributed by atoms with Crippen molar-refractivity contribution in [1.82, 2.24) is 5.32 Å². The van der Waals surface area contributed by atoms with E-state index < -0.39 is 6.17 Å². The van der Waals surface area contributed by atoms with Gasteiger partial charge in [0, 0.05) is 21.9 Å². The Hall–Kier alpha value is -8.86. The van der Waals surface area contributed by atoms with E-state index in [1.54, 1.807) is 0 Å². The number of amidine groups is 2. The largest absolute Gasteiger partial charge is 0.456 e. The highest BCUT2D eigenvalue weighted by Crippen LogP contribution is 2.42. The van der Waals surface area contributed by atoms with Crippen LogP contribution in [-0.4, -0.2) is 11.7 Å². The summed E-state index contributed by atoms with van der Waals surface area (Å²) in [4.78, 5) is 10.8. The summed E-state index contributed by atoms with van der Waals surface area (Å²) in [6, 6.07) is 80.8. The molecular formula is C63H39N3O. The van der Waals surface area contributed by atoms with Crippen molar-refractivity contribution in [3.05, 3.63) is 241 Å². The maximum atomic E-state index is 6.61. The van der Waals surface area contributed by atoms with Gasteiger partial charge in [-0.1, -0.05) is 188 Å². The van der Waals surface area contributed by atoms with Gasteiger partial charge in [-0.15, -0.1) is 0 Å². The zero-order chi connectivity index (χ0) is 44.0. The highest BCUT2D eigenvalue weighted by molar-refractivity contribution is 6.20. The van der Waals surface area contributed by atoms with E-state index >= 15 is 0 Å². The number of hydrogen-bond donors (Lipinski definition) is 1. The summed E-state index contributed by atoms with van der Waals surface area (Å²) >= 11 is 0. The van der Waals surface area contributed by atoms with Gasteiger partial charge in [0.05, 0.1) is 0 Å². The zero-order valence-electron chi connectivity index (χ0n) is 36.2. The maximum Gasteiger partial charge on any atom is 0.169 e. The molecule has 1 aliphatic heterocycles. The summed E-state index contributed by atoms with van der Waals surface area (Å²) in [7, 11) is 0. The standard InChI is InChI=1S/C63H39N3O/c1-4-12-50-38(9-1)23-28-46-33-45(31-32-53(46)50)49-36-57(60-54-15-7-8-16-58(54)67-59(60)37-49)43-21-26-44(27-22-43)61-64-62(47-29-24-41-19-17-39-10-2-5-13-51(39)55(41)34-47)66-63(65-61)48-30-25-42-20-18-40-11-3-6-14-52(40)56(42)35-48/h1-37,61H,(H,64,65,66). The molecule has 0 fully saturated rings. The van der Waals surface area contributed by atoms with Crippen molar-refractivity contribution in [3.63, 3.8) is 0 Å². The second-order valence-electron chi connectivity index (χ2n) is 17.7. The number of fused-ring (bicyclic) bond motifs is 12. The molecule has 14 rings (SSSR count). The van der Waals surface area contributed by atoms with Crippen LogP contribution in [0.2, 0.25) is 0 Å². The van der Waals surface area contributed by atoms with Gasteiger partial charge in [0.15, 0.2) is 6.17 Å². The van der Waals surface area contributed by atoms with E-state index in [1.807, 2.05) is 6.07 Å². The van der Waals surface area contributed by atoms with Crippen LogP contribution in [0.5, 0.6) is 0 Å². The van der Waals surface area contributed by atoms with Gasteiger partial charge in [0.2, 0.25) is 0 Å². The Morgan fingerprint density at radius 1 is 0.313 bits per heavy atom. The van der Waals surface area contributed by atoms with Gasteiger partial charge in [0.25, 0.3) is 0 Å². The quantitative estimate of drug-likeness (QED) is 0.175. The zero-order valence-corrected chi connectivity index (χ0v) is 36.2. The summed E-state index contributed by atoms with van der Waals surface area (Å²) in [5, 5.41) is 20.5. The highest BCUT2D eigenvalue weighted by atomic mass is 16.3. The van der Waals surface area contributed by atoms with E-state index in [2.05, 4.69) is 224 Å². The number of benzene rings is 12. The molecule has 0 spiro atoms. The Morgan fingerprint density at radius 3 is 1.39 bits per heavy atom. The van der Waals surface area contributed by atoms with Crippen LogP contribution in [-0.2, 0) is 0 Å². The molecule has 0 bridgehead atoms. The second-order valence-corrected chi connectivity index (χ2v) is 17.7. The lowest BCUT2D eigenvalue weighted by atomic mass is 9.92. The monoisotopic (exact) mass is 853 g/mol. The molecule has 13 aromatic rings. The Morgan fingerprint density at radius 2 is 0.776 bits per heavy atom. The van der Waals surface area contributed by atoms with Gasteiger partial charge in [-0.2, -0.15) is 0 Å². The molecular weight excluding hydrogens is 815 g/mol. The van der Waals surface area contributed by atoms with E-state index in [0.717, 1.165) is 72.6 Å². The molecule has 1 aromatic heterocycles. The SMILES string of the molecule is c1ccc2c(c1)ccc1cc(-c3cc(-c4ccc(C5N=C(c6ccc7ccc8ccccc8c7c6)NC(c6ccc7ccc8ccccc8c7c6)=N5)cc4)c4c(c3)oc3ccccc34)ccc12. The number of para-hydroxylation sites is 1. The van der Waals surface area contributed by atoms with E-state index in [9.17, 15) is 0 Å². The molecule has 0 saturated heterocycles. The van der Waals surface area contributed by atoms with Gasteiger partial charge >= 0.3 is 0 Å². The molecule has 0 aliphatic carbocycles. The molecule has 312 valence electrons. The number of furan rings is 1. The van der Waals surface area contributed by atoms with Gasteiger partial charge in [-0.3, -0.25) is 0 Å². The fraction of sp³-hybridized carbons (Fsp3) is 0.0159. The lowest BCUT2D eigenvalue weighted by molar-refractivity contribution is 0.669. The number of nitrogens with zero attached hydrogens (tertiary/aromatic N) is 2. The topological polar surface area (TPSA) is 49.9 Å². The first-order valence-corrected chi connectivity index (χ1v) is 22.9. The third kappa shape index (κ3) is 6.22. The summed E-state index contributed by atoms with van der Waals surface area (Å²) in [6.07, 6.45) is -0.485. The van der Waals surface area contributed by atoms with Gasteiger partial charge < -0.3 is 9.73 Å². The Bertz CT molecular complexity index is 4120. The van der Waals surface area contributed by atoms with Crippen LogP contribution >= 0.6 is 0 Å². The van der Waals surface area contributed by atoms with Crippen LogP contribution in [0.15, 0.2) is 239 Å². The fourth-order valence-electron chi connectivity index (χ4n) is 10.5. The van der Waals surface area contributed by atoms with Crippen molar-refractivity contribution in [2.75, 3.05) is 0 Å². The van der Waals surface area contributed by atoms with E-state index in [1.165, 1.54) is 64.6 Å². The molecule has 1 N–H and O–H groups in total. The summed E-state index contributed by atoms with van der Waals surface area (Å²) in [5.41, 5.74) is 9.23. The van der Waals surface area contributed by atoms with Crippen molar-refractivity contribution in [1.29, 1.82) is 0 Å². The van der Waals surface area contributed by atoms with Crippen molar-refractivity contribution >= 4 is 98.2 Å². The number of aliphatic imine (C=N–C) groups is 2. The van der Waals surface area contributed by atoms with Crippen LogP contribution < -0.4 is 5.32 Å². The number of nitrogens with one attached hydrogen (secondary N) is 1. The van der Waals surface area contributed by atoms with Crippen LogP contribution in [0, 0.1) is 0 Å². The van der Waals surface area contributed by atoms with Crippen LogP contribution in [0.25, 0.3) is 109 Å². The van der Waals surface area contributed by atoms with Crippen LogP contribution in [0.3, 0.4) is 0 Å². The summed E-state index contributed by atoms with van der Waals surface area (Å²) < 4.78 is 6.61. The molecule has 0 amide bonds. The van der Waals surface area contributed by atoms with E-state index in [4.69, 9.17) is 14.4 Å². The summed E-state index contributed by atoms with van der Waals surface area (Å²) in [5.74, 6) is 1.57. The predicted octanol–water partition coefficient (Wildman–Crippen LogP) is 16.3. The minimum atomic E-state index is -0.485. The molecule has 4 nitrogen and oxygen atoms in total. The molecule has 2 heterocycles. The Kier molecular flexibility index (Phi) is 8.31. The molecule has 67 heavy (non-hydrogen) atoms. The first kappa shape index (κ1) is 37.5. The van der Waals surface area contributed by atoms with Gasteiger partial charge in [-0.25, -0.2) is 9.98 Å². The van der Waals surface area contributed by atoms with E-state index in [0.29, 0.717) is 0 Å². The minimum Gasteiger partial charge on any atom is -0.456 e. The maximum absolute atomic E-state index is 6.61. The molecule has 0 unspecified atom stereocenters. The Balaban J connectivity index is 0.904. The van der Waals surface area contributed by atoms with Crippen molar-refractivity contribution in [2.45, 2.75) is 6.17 Å². The molecule has 0 saturated carbocycles. The lowest BCUT2D eigenvalue weighted by Gasteiger charge is -2.23. The van der Waals surface area contributed by atoms with Crippen LogP contribution in [0.4, 0.5) is 0 Å². The fourth-order valence-corrected chi connectivity index (χ4v) is 10.5. The highest BCUT2D eigenvalue weighted by Gasteiger charge is 2.23. The number of hydrogen-bond acceptors (Lipinski definition) is 4. The normalized spacial score (nSPS) is 13.3. The average molecular weight is 854 g/mol. The average Bonchev–Trinajstić information content (AvgIpc) is 3.78. The van der Waals surface area contributed by atoms with E-state index in [-0.39, 0.29) is 0 Å². The third-order valence-corrected chi connectivity index (χ3v) is 13.9. The van der Waals surface area contributed by atoms with Crippen molar-refractivity contribution in [3.8, 4) is 22.3 Å². The van der Waals surface area contributed by atoms with Crippen molar-refractivity contribution < 1.29 is 4.42 Å². The molecule has 1 aliphatic rings. The smallest absolute Gasteiger partial charge is 0.169 e. The molecule has 0 atom stereocenters. The second kappa shape index (κ2) is 14.8. The Labute approximate surface area is 385 Å². The first-order valence-electron chi connectivity index (χ1n) is 22.9. The predicted molar refractivity (Wildman–Crippen MR) is 281 cm³/mol. The van der Waals surface area contributed by atoms with Gasteiger partial charge in [0.1, 0.15) is 22.8 Å². The summed E-state index contributed by atoms with van der Waals surface area (Å²) in [6.45, 7) is 0. The first-order chi connectivity index (χ1) is 33.1. The molecule has 12 aromatic carbocycles. The minimum absolute atomic E-state index is 0.485. The third-order valence-electron chi connectivity index (χ3n) is 13.9. The molecule has 4 heteroatoms.